The maximum absolute atomic E-state index is 11.5. The van der Waals surface area contributed by atoms with Crippen molar-refractivity contribution in [1.82, 2.24) is 9.55 Å². The first-order valence-electron chi connectivity index (χ1n) is 4.83. The van der Waals surface area contributed by atoms with E-state index < -0.39 is 21.1 Å². The maximum atomic E-state index is 11.5. The van der Waals surface area contributed by atoms with Crippen LogP contribution in [0.4, 0.5) is 0 Å². The number of aromatic nitrogens is 2. The van der Waals surface area contributed by atoms with Gasteiger partial charge in [0.15, 0.2) is 15.1 Å². The van der Waals surface area contributed by atoms with E-state index in [1.165, 1.54) is 6.92 Å². The molecule has 0 aliphatic carbocycles. The average Bonchev–Trinajstić information content (AvgIpc) is 2.69. The zero-order valence-corrected chi connectivity index (χ0v) is 9.72. The van der Waals surface area contributed by atoms with Crippen LogP contribution >= 0.6 is 0 Å². The van der Waals surface area contributed by atoms with Crippen molar-refractivity contribution in [2.24, 2.45) is 0 Å². The second-order valence-electron chi connectivity index (χ2n) is 3.50. The van der Waals surface area contributed by atoms with E-state index in [4.69, 9.17) is 5.11 Å². The minimum atomic E-state index is -3.55. The van der Waals surface area contributed by atoms with Crippen LogP contribution in [0.1, 0.15) is 13.3 Å². The number of hydrogen-bond donors (Lipinski definition) is 1. The number of sulfone groups is 1. The smallest absolute Gasteiger partial charge is 0.321 e. The molecule has 0 spiro atoms. The number of aryl methyl sites for hydroxylation is 1. The van der Waals surface area contributed by atoms with Gasteiger partial charge in [0.1, 0.15) is 0 Å². The van der Waals surface area contributed by atoms with Crippen LogP contribution < -0.4 is 0 Å². The standard InChI is InChI=1S/C9H14N2O4S/c1-8(9(12)13)16(14,15)6-2-4-11-5-3-10-7-11/h3,5,7-8H,2,4,6H2,1H3,(H,12,13). The fraction of sp³-hybridized carbons (Fsp3) is 0.556. The van der Waals surface area contributed by atoms with Gasteiger partial charge in [-0.05, 0) is 13.3 Å². The molecule has 1 aromatic rings. The molecule has 90 valence electrons. The van der Waals surface area contributed by atoms with E-state index in [1.807, 2.05) is 0 Å². The highest BCUT2D eigenvalue weighted by Gasteiger charge is 2.26. The molecule has 0 fully saturated rings. The molecule has 0 saturated carbocycles. The highest BCUT2D eigenvalue weighted by molar-refractivity contribution is 7.92. The lowest BCUT2D eigenvalue weighted by atomic mass is 10.5. The number of rotatable bonds is 6. The van der Waals surface area contributed by atoms with E-state index in [0.717, 1.165) is 0 Å². The molecule has 0 bridgehead atoms. The predicted molar refractivity (Wildman–Crippen MR) is 57.7 cm³/mol. The van der Waals surface area contributed by atoms with Crippen molar-refractivity contribution in [2.75, 3.05) is 5.75 Å². The zero-order chi connectivity index (χ0) is 12.2. The van der Waals surface area contributed by atoms with Crippen molar-refractivity contribution in [1.29, 1.82) is 0 Å². The van der Waals surface area contributed by atoms with E-state index in [-0.39, 0.29) is 5.75 Å². The molecule has 7 heteroatoms. The molecule has 0 aliphatic rings. The van der Waals surface area contributed by atoms with Gasteiger partial charge >= 0.3 is 5.97 Å². The Morgan fingerprint density at radius 1 is 1.56 bits per heavy atom. The number of carbonyl (C=O) groups is 1. The van der Waals surface area contributed by atoms with Gasteiger partial charge in [-0.1, -0.05) is 0 Å². The summed E-state index contributed by atoms with van der Waals surface area (Å²) in [4.78, 5) is 14.4. The molecular formula is C9H14N2O4S. The summed E-state index contributed by atoms with van der Waals surface area (Å²) in [5, 5.41) is 7.27. The van der Waals surface area contributed by atoms with E-state index in [1.54, 1.807) is 23.3 Å². The highest BCUT2D eigenvalue weighted by atomic mass is 32.2. The molecule has 16 heavy (non-hydrogen) atoms. The topological polar surface area (TPSA) is 89.3 Å². The molecular weight excluding hydrogens is 232 g/mol. The van der Waals surface area contributed by atoms with Gasteiger partial charge in [0.05, 0.1) is 12.1 Å². The van der Waals surface area contributed by atoms with Gasteiger partial charge in [-0.3, -0.25) is 4.79 Å². The maximum Gasteiger partial charge on any atom is 0.321 e. The average molecular weight is 246 g/mol. The van der Waals surface area contributed by atoms with E-state index in [0.29, 0.717) is 13.0 Å². The Morgan fingerprint density at radius 3 is 2.75 bits per heavy atom. The van der Waals surface area contributed by atoms with Crippen molar-refractivity contribution in [3.63, 3.8) is 0 Å². The van der Waals surface area contributed by atoms with Gasteiger partial charge < -0.3 is 9.67 Å². The van der Waals surface area contributed by atoms with Gasteiger partial charge in [-0.2, -0.15) is 0 Å². The molecule has 0 saturated heterocycles. The number of carboxylic acid groups (broad SMARTS) is 1. The van der Waals surface area contributed by atoms with Gasteiger partial charge in [-0.15, -0.1) is 0 Å². The van der Waals surface area contributed by atoms with Crippen LogP contribution in [0.5, 0.6) is 0 Å². The summed E-state index contributed by atoms with van der Waals surface area (Å²) in [6, 6.07) is 0. The molecule has 1 heterocycles. The van der Waals surface area contributed by atoms with E-state index >= 15 is 0 Å². The summed E-state index contributed by atoms with van der Waals surface area (Å²) in [7, 11) is -3.55. The summed E-state index contributed by atoms with van der Waals surface area (Å²) in [6.07, 6.45) is 5.31. The van der Waals surface area contributed by atoms with E-state index in [2.05, 4.69) is 4.98 Å². The first kappa shape index (κ1) is 12.7. The van der Waals surface area contributed by atoms with Crippen LogP contribution in [-0.2, 0) is 21.2 Å². The Bertz CT molecular complexity index is 438. The van der Waals surface area contributed by atoms with Gasteiger partial charge in [0, 0.05) is 18.9 Å². The van der Waals surface area contributed by atoms with Crippen LogP contribution in [0, 0.1) is 0 Å². The Labute approximate surface area is 93.8 Å². The molecule has 1 aromatic heterocycles. The second kappa shape index (κ2) is 5.11. The normalized spacial score (nSPS) is 13.6. The molecule has 0 amide bonds. The monoisotopic (exact) mass is 246 g/mol. The number of aliphatic carboxylic acids is 1. The van der Waals surface area contributed by atoms with Crippen molar-refractivity contribution in [3.8, 4) is 0 Å². The molecule has 0 radical (unpaired) electrons. The molecule has 0 aromatic carbocycles. The fourth-order valence-corrected chi connectivity index (χ4v) is 2.39. The molecule has 1 atom stereocenters. The second-order valence-corrected chi connectivity index (χ2v) is 5.94. The molecule has 1 N–H and O–H groups in total. The van der Waals surface area contributed by atoms with Gasteiger partial charge in [-0.25, -0.2) is 13.4 Å². The third-order valence-corrected chi connectivity index (χ3v) is 4.43. The molecule has 0 aliphatic heterocycles. The van der Waals surface area contributed by atoms with Crippen LogP contribution in [0.15, 0.2) is 18.7 Å². The number of carboxylic acids is 1. The lowest BCUT2D eigenvalue weighted by molar-refractivity contribution is -0.136. The Kier molecular flexibility index (Phi) is 4.05. The summed E-state index contributed by atoms with van der Waals surface area (Å²) in [5.41, 5.74) is 0. The number of imidazole rings is 1. The summed E-state index contributed by atoms with van der Waals surface area (Å²) in [6.45, 7) is 1.71. The van der Waals surface area contributed by atoms with Crippen molar-refractivity contribution in [3.05, 3.63) is 18.7 Å². The number of nitrogens with zero attached hydrogens (tertiary/aromatic N) is 2. The predicted octanol–water partition coefficient (Wildman–Crippen LogP) is 0.161. The van der Waals surface area contributed by atoms with Crippen molar-refractivity contribution in [2.45, 2.75) is 25.1 Å². The van der Waals surface area contributed by atoms with Crippen molar-refractivity contribution < 1.29 is 18.3 Å². The quantitative estimate of drug-likeness (QED) is 0.772. The first-order valence-corrected chi connectivity index (χ1v) is 6.55. The van der Waals surface area contributed by atoms with Crippen LogP contribution in [-0.4, -0.2) is 40.0 Å². The highest BCUT2D eigenvalue weighted by Crippen LogP contribution is 2.05. The summed E-state index contributed by atoms with van der Waals surface area (Å²) in [5.74, 6) is -1.43. The number of hydrogen-bond acceptors (Lipinski definition) is 4. The third kappa shape index (κ3) is 3.34. The van der Waals surface area contributed by atoms with Crippen LogP contribution in [0.3, 0.4) is 0 Å². The summed E-state index contributed by atoms with van der Waals surface area (Å²) >= 11 is 0. The molecule has 1 unspecified atom stereocenters. The Morgan fingerprint density at radius 2 is 2.25 bits per heavy atom. The Hall–Kier alpha value is -1.37. The largest absolute Gasteiger partial charge is 0.480 e. The minimum absolute atomic E-state index is 0.126. The SMILES string of the molecule is CC(C(=O)O)S(=O)(=O)CCCn1ccnc1. The summed E-state index contributed by atoms with van der Waals surface area (Å²) < 4.78 is 24.7. The third-order valence-electron chi connectivity index (χ3n) is 2.29. The zero-order valence-electron chi connectivity index (χ0n) is 8.91. The lowest BCUT2D eigenvalue weighted by Crippen LogP contribution is -2.29. The fourth-order valence-electron chi connectivity index (χ4n) is 1.20. The van der Waals surface area contributed by atoms with Gasteiger partial charge in [0.25, 0.3) is 0 Å². The van der Waals surface area contributed by atoms with Crippen LogP contribution in [0.25, 0.3) is 0 Å². The van der Waals surface area contributed by atoms with Gasteiger partial charge in [0.2, 0.25) is 0 Å². The molecule has 6 nitrogen and oxygen atoms in total. The first-order chi connectivity index (χ1) is 7.43. The van der Waals surface area contributed by atoms with Crippen LogP contribution in [0.2, 0.25) is 0 Å². The molecule has 1 rings (SSSR count). The lowest BCUT2D eigenvalue weighted by Gasteiger charge is -2.08. The van der Waals surface area contributed by atoms with E-state index in [9.17, 15) is 13.2 Å². The Balaban J connectivity index is 2.46. The van der Waals surface area contributed by atoms with Crippen molar-refractivity contribution >= 4 is 15.8 Å². The minimum Gasteiger partial charge on any atom is -0.480 e.